The molecule has 0 aliphatic carbocycles. The number of nitrogens with zero attached hydrogens (tertiary/aromatic N) is 2. The molecule has 0 saturated carbocycles. The molecular formula is C21H24F3N3O3S. The number of amides is 1. The maximum Gasteiger partial charge on any atom is 0.417 e. The lowest BCUT2D eigenvalue weighted by Crippen LogP contribution is -2.35. The van der Waals surface area contributed by atoms with E-state index in [4.69, 9.17) is 0 Å². The molecule has 0 bridgehead atoms. The van der Waals surface area contributed by atoms with Gasteiger partial charge in [-0.15, -0.1) is 0 Å². The van der Waals surface area contributed by atoms with Crippen LogP contribution < -0.4 is 10.2 Å². The minimum absolute atomic E-state index is 0.0144. The van der Waals surface area contributed by atoms with Crippen LogP contribution >= 0.6 is 0 Å². The number of benzene rings is 2. The van der Waals surface area contributed by atoms with Crippen molar-refractivity contribution in [1.82, 2.24) is 4.31 Å². The van der Waals surface area contributed by atoms with Crippen molar-refractivity contribution < 1.29 is 26.4 Å². The first-order valence-electron chi connectivity index (χ1n) is 9.81. The van der Waals surface area contributed by atoms with Gasteiger partial charge in [-0.25, -0.2) is 8.42 Å². The Balaban J connectivity index is 1.99. The van der Waals surface area contributed by atoms with Crippen molar-refractivity contribution >= 4 is 27.3 Å². The fraction of sp³-hybridized carbons (Fsp3) is 0.381. The van der Waals surface area contributed by atoms with Crippen molar-refractivity contribution in [1.29, 1.82) is 0 Å². The predicted octanol–water partition coefficient (Wildman–Crippen LogP) is 4.20. The summed E-state index contributed by atoms with van der Waals surface area (Å²) in [4.78, 5) is 14.4. The van der Waals surface area contributed by atoms with Crippen molar-refractivity contribution in [2.45, 2.75) is 30.3 Å². The minimum atomic E-state index is -4.70. The second kappa shape index (κ2) is 8.88. The van der Waals surface area contributed by atoms with Crippen molar-refractivity contribution in [3.63, 3.8) is 0 Å². The highest BCUT2D eigenvalue weighted by Crippen LogP contribution is 2.34. The maximum absolute atomic E-state index is 13.3. The molecule has 0 radical (unpaired) electrons. The standard InChI is InChI=1S/C21H24F3N3O3S/c1-26(2)19-11-10-15(31(29,30)27-12-6-3-7-13-27)14-18(19)25-20(28)16-8-4-5-9-17(16)21(22,23)24/h4-5,8-11,14H,3,6-7,12-13H2,1-2H3,(H,25,28). The molecule has 1 amide bonds. The molecule has 168 valence electrons. The first kappa shape index (κ1) is 23.1. The van der Waals surface area contributed by atoms with Gasteiger partial charge in [0.05, 0.1) is 27.4 Å². The van der Waals surface area contributed by atoms with Gasteiger partial charge in [-0.3, -0.25) is 4.79 Å². The minimum Gasteiger partial charge on any atom is -0.376 e. The summed E-state index contributed by atoms with van der Waals surface area (Å²) in [5.74, 6) is -0.969. The van der Waals surface area contributed by atoms with Crippen molar-refractivity contribution in [2.24, 2.45) is 0 Å². The molecule has 1 fully saturated rings. The number of hydrogen-bond acceptors (Lipinski definition) is 4. The third-order valence-electron chi connectivity index (χ3n) is 5.13. The number of piperidine rings is 1. The van der Waals surface area contributed by atoms with E-state index >= 15 is 0 Å². The molecule has 2 aromatic carbocycles. The van der Waals surface area contributed by atoms with Gasteiger partial charge in [0.15, 0.2) is 0 Å². The summed E-state index contributed by atoms with van der Waals surface area (Å²) in [7, 11) is -0.399. The van der Waals surface area contributed by atoms with E-state index in [0.717, 1.165) is 31.4 Å². The third-order valence-corrected chi connectivity index (χ3v) is 7.02. The van der Waals surface area contributed by atoms with Crippen molar-refractivity contribution in [2.75, 3.05) is 37.4 Å². The number of alkyl halides is 3. The summed E-state index contributed by atoms with van der Waals surface area (Å²) in [5.41, 5.74) is -1.01. The molecule has 0 aromatic heterocycles. The molecule has 2 aromatic rings. The Kier molecular flexibility index (Phi) is 6.61. The number of anilines is 2. The van der Waals surface area contributed by atoms with Gasteiger partial charge in [0, 0.05) is 27.2 Å². The normalized spacial score (nSPS) is 15.5. The number of carbonyl (C=O) groups excluding carboxylic acids is 1. The fourth-order valence-corrected chi connectivity index (χ4v) is 5.08. The largest absolute Gasteiger partial charge is 0.417 e. The van der Waals surface area contributed by atoms with Gasteiger partial charge >= 0.3 is 6.18 Å². The van der Waals surface area contributed by atoms with E-state index in [1.807, 2.05) is 0 Å². The molecular weight excluding hydrogens is 431 g/mol. The van der Waals surface area contributed by atoms with Crippen LogP contribution in [-0.2, 0) is 16.2 Å². The number of halogens is 3. The Labute approximate surface area is 179 Å². The molecule has 1 aliphatic rings. The molecule has 0 spiro atoms. The zero-order chi connectivity index (χ0) is 22.8. The van der Waals surface area contributed by atoms with Crippen LogP contribution in [-0.4, -0.2) is 45.8 Å². The molecule has 1 N–H and O–H groups in total. The van der Waals surface area contributed by atoms with E-state index < -0.39 is 33.2 Å². The average molecular weight is 456 g/mol. The second-order valence-corrected chi connectivity index (χ2v) is 9.47. The summed E-state index contributed by atoms with van der Waals surface area (Å²) >= 11 is 0. The first-order valence-corrected chi connectivity index (χ1v) is 11.2. The molecule has 1 aliphatic heterocycles. The number of rotatable bonds is 5. The number of nitrogens with one attached hydrogen (secondary N) is 1. The quantitative estimate of drug-likeness (QED) is 0.734. The van der Waals surface area contributed by atoms with E-state index in [0.29, 0.717) is 18.8 Å². The van der Waals surface area contributed by atoms with Crippen LogP contribution in [0.4, 0.5) is 24.5 Å². The Morgan fingerprint density at radius 3 is 2.29 bits per heavy atom. The maximum atomic E-state index is 13.3. The summed E-state index contributed by atoms with van der Waals surface area (Å²) in [6.07, 6.45) is -2.19. The van der Waals surface area contributed by atoms with Crippen LogP contribution in [0, 0.1) is 0 Å². The summed E-state index contributed by atoms with van der Waals surface area (Å²) in [6.45, 7) is 0.830. The zero-order valence-corrected chi connectivity index (χ0v) is 18.1. The number of carbonyl (C=O) groups is 1. The lowest BCUT2D eigenvalue weighted by molar-refractivity contribution is -0.137. The van der Waals surface area contributed by atoms with Crippen molar-refractivity contribution in [3.05, 3.63) is 53.6 Å². The Hall–Kier alpha value is -2.59. The molecule has 1 saturated heterocycles. The summed E-state index contributed by atoms with van der Waals surface area (Å²) < 4.78 is 67.3. The van der Waals surface area contributed by atoms with Gasteiger partial charge in [-0.1, -0.05) is 18.6 Å². The van der Waals surface area contributed by atoms with Crippen LogP contribution in [0.25, 0.3) is 0 Å². The summed E-state index contributed by atoms with van der Waals surface area (Å²) in [6, 6.07) is 8.74. The topological polar surface area (TPSA) is 69.7 Å². The van der Waals surface area contributed by atoms with Gasteiger partial charge in [0.2, 0.25) is 10.0 Å². The highest BCUT2D eigenvalue weighted by atomic mass is 32.2. The highest BCUT2D eigenvalue weighted by molar-refractivity contribution is 7.89. The van der Waals surface area contributed by atoms with Gasteiger partial charge < -0.3 is 10.2 Å². The molecule has 31 heavy (non-hydrogen) atoms. The molecule has 6 nitrogen and oxygen atoms in total. The molecule has 0 atom stereocenters. The first-order chi connectivity index (χ1) is 14.5. The van der Waals surface area contributed by atoms with E-state index in [9.17, 15) is 26.4 Å². The molecule has 3 rings (SSSR count). The van der Waals surface area contributed by atoms with E-state index in [1.54, 1.807) is 19.0 Å². The smallest absolute Gasteiger partial charge is 0.376 e. The van der Waals surface area contributed by atoms with Gasteiger partial charge in [-0.05, 0) is 43.2 Å². The fourth-order valence-electron chi connectivity index (χ4n) is 3.54. The third kappa shape index (κ3) is 5.01. The Morgan fingerprint density at radius 1 is 1.03 bits per heavy atom. The van der Waals surface area contributed by atoms with Gasteiger partial charge in [0.25, 0.3) is 5.91 Å². The van der Waals surface area contributed by atoms with E-state index in [-0.39, 0.29) is 10.6 Å². The lowest BCUT2D eigenvalue weighted by Gasteiger charge is -2.27. The van der Waals surface area contributed by atoms with Crippen molar-refractivity contribution in [3.8, 4) is 0 Å². The highest BCUT2D eigenvalue weighted by Gasteiger charge is 2.35. The van der Waals surface area contributed by atoms with Crippen LogP contribution in [0.2, 0.25) is 0 Å². The average Bonchev–Trinajstić information content (AvgIpc) is 2.73. The second-order valence-electron chi connectivity index (χ2n) is 7.54. The number of sulfonamides is 1. The SMILES string of the molecule is CN(C)c1ccc(S(=O)(=O)N2CCCCC2)cc1NC(=O)c1ccccc1C(F)(F)F. The zero-order valence-electron chi connectivity index (χ0n) is 17.2. The molecule has 10 heteroatoms. The Bertz CT molecular complexity index is 1060. The summed E-state index contributed by atoms with van der Waals surface area (Å²) in [5, 5.41) is 2.47. The predicted molar refractivity (Wildman–Crippen MR) is 113 cm³/mol. The van der Waals surface area contributed by atoms with Crippen LogP contribution in [0.1, 0.15) is 35.2 Å². The van der Waals surface area contributed by atoms with E-state index in [1.165, 1.54) is 34.6 Å². The Morgan fingerprint density at radius 2 is 1.68 bits per heavy atom. The van der Waals surface area contributed by atoms with Gasteiger partial charge in [0.1, 0.15) is 0 Å². The van der Waals surface area contributed by atoms with Crippen LogP contribution in [0.5, 0.6) is 0 Å². The van der Waals surface area contributed by atoms with Crippen LogP contribution in [0.15, 0.2) is 47.4 Å². The monoisotopic (exact) mass is 455 g/mol. The van der Waals surface area contributed by atoms with E-state index in [2.05, 4.69) is 5.32 Å². The van der Waals surface area contributed by atoms with Crippen LogP contribution in [0.3, 0.4) is 0 Å². The molecule has 0 unspecified atom stereocenters. The molecule has 1 heterocycles. The van der Waals surface area contributed by atoms with Gasteiger partial charge in [-0.2, -0.15) is 17.5 Å². The lowest BCUT2D eigenvalue weighted by atomic mass is 10.1. The number of hydrogen-bond donors (Lipinski definition) is 1.